The van der Waals surface area contributed by atoms with Crippen molar-refractivity contribution >= 4 is 11.6 Å². The van der Waals surface area contributed by atoms with Crippen molar-refractivity contribution in [2.45, 2.75) is 44.2 Å². The number of ether oxygens (including phenoxy) is 1. The zero-order valence-electron chi connectivity index (χ0n) is 11.5. The lowest BCUT2D eigenvalue weighted by molar-refractivity contribution is -0.0364. The molecule has 0 bridgehead atoms. The number of nitrogens with one attached hydrogen (secondary N) is 1. The number of halogens is 2. The van der Waals surface area contributed by atoms with Crippen LogP contribution in [0.2, 0.25) is 5.02 Å². The molecule has 1 aliphatic carbocycles. The first-order valence-corrected chi connectivity index (χ1v) is 7.24. The highest BCUT2D eigenvalue weighted by molar-refractivity contribution is 6.31. The Bertz CT molecular complexity index is 432. The van der Waals surface area contributed by atoms with Gasteiger partial charge in [-0.15, -0.1) is 0 Å². The van der Waals surface area contributed by atoms with Crippen LogP contribution in [0.5, 0.6) is 0 Å². The van der Waals surface area contributed by atoms with Gasteiger partial charge in [0.25, 0.3) is 0 Å². The predicted octanol–water partition coefficient (Wildman–Crippen LogP) is 4.09. The molecule has 0 spiro atoms. The van der Waals surface area contributed by atoms with Crippen molar-refractivity contribution in [1.29, 1.82) is 0 Å². The van der Waals surface area contributed by atoms with Gasteiger partial charge in [0.2, 0.25) is 0 Å². The fraction of sp³-hybridized carbons (Fsp3) is 0.600. The fourth-order valence-electron chi connectivity index (χ4n) is 3.10. The summed E-state index contributed by atoms with van der Waals surface area (Å²) in [7, 11) is 1.74. The summed E-state index contributed by atoms with van der Waals surface area (Å²) in [4.78, 5) is 0. The topological polar surface area (TPSA) is 21.3 Å². The van der Waals surface area contributed by atoms with E-state index in [2.05, 4.69) is 5.32 Å². The first-order chi connectivity index (χ1) is 9.13. The van der Waals surface area contributed by atoms with Crippen molar-refractivity contribution in [2.75, 3.05) is 13.7 Å². The number of benzene rings is 1. The molecule has 106 valence electrons. The van der Waals surface area contributed by atoms with Crippen LogP contribution in [-0.4, -0.2) is 19.3 Å². The monoisotopic (exact) mass is 285 g/mol. The van der Waals surface area contributed by atoms with Crippen LogP contribution in [0.1, 0.15) is 44.2 Å². The van der Waals surface area contributed by atoms with Crippen LogP contribution in [0.3, 0.4) is 0 Å². The molecule has 0 radical (unpaired) electrons. The van der Waals surface area contributed by atoms with E-state index >= 15 is 0 Å². The Labute approximate surface area is 119 Å². The SMILES string of the molecule is CCNC(c1cc(F)ccc1Cl)C1(OC)CCCC1. The van der Waals surface area contributed by atoms with E-state index < -0.39 is 0 Å². The Morgan fingerprint density at radius 3 is 2.68 bits per heavy atom. The highest BCUT2D eigenvalue weighted by atomic mass is 35.5. The summed E-state index contributed by atoms with van der Waals surface area (Å²) < 4.78 is 19.4. The third-order valence-corrected chi connectivity index (χ3v) is 4.40. The highest BCUT2D eigenvalue weighted by Gasteiger charge is 2.42. The van der Waals surface area contributed by atoms with Crippen molar-refractivity contribution in [3.8, 4) is 0 Å². The maximum absolute atomic E-state index is 13.5. The Kier molecular flexibility index (Phi) is 4.82. The normalized spacial score (nSPS) is 19.6. The molecule has 19 heavy (non-hydrogen) atoms. The van der Waals surface area contributed by atoms with E-state index in [-0.39, 0.29) is 17.5 Å². The van der Waals surface area contributed by atoms with Crippen LogP contribution < -0.4 is 5.32 Å². The van der Waals surface area contributed by atoms with Crippen LogP contribution in [0.25, 0.3) is 0 Å². The Hall–Kier alpha value is -0.640. The molecule has 0 aromatic heterocycles. The number of hydrogen-bond donors (Lipinski definition) is 1. The van der Waals surface area contributed by atoms with E-state index in [9.17, 15) is 4.39 Å². The largest absolute Gasteiger partial charge is 0.376 e. The van der Waals surface area contributed by atoms with Crippen LogP contribution >= 0.6 is 11.6 Å². The second-order valence-electron chi connectivity index (χ2n) is 5.13. The summed E-state index contributed by atoms with van der Waals surface area (Å²) in [5.41, 5.74) is 0.528. The van der Waals surface area contributed by atoms with Crippen LogP contribution in [0, 0.1) is 5.82 Å². The lowest BCUT2D eigenvalue weighted by Gasteiger charge is -2.37. The second kappa shape index (κ2) is 6.21. The number of hydrogen-bond acceptors (Lipinski definition) is 2. The second-order valence-corrected chi connectivity index (χ2v) is 5.54. The van der Waals surface area contributed by atoms with Crippen molar-refractivity contribution in [3.05, 3.63) is 34.6 Å². The van der Waals surface area contributed by atoms with Crippen molar-refractivity contribution in [3.63, 3.8) is 0 Å². The predicted molar refractivity (Wildman–Crippen MR) is 76.0 cm³/mol. The van der Waals surface area contributed by atoms with Gasteiger partial charge in [0, 0.05) is 12.1 Å². The smallest absolute Gasteiger partial charge is 0.123 e. The molecule has 1 unspecified atom stereocenters. The van der Waals surface area contributed by atoms with Gasteiger partial charge in [-0.25, -0.2) is 4.39 Å². The highest BCUT2D eigenvalue weighted by Crippen LogP contribution is 2.44. The maximum atomic E-state index is 13.5. The van der Waals surface area contributed by atoms with Gasteiger partial charge in [0.05, 0.1) is 11.6 Å². The zero-order chi connectivity index (χ0) is 13.9. The third-order valence-electron chi connectivity index (χ3n) is 4.06. The van der Waals surface area contributed by atoms with Crippen LogP contribution in [0.15, 0.2) is 18.2 Å². The lowest BCUT2D eigenvalue weighted by atomic mass is 9.86. The van der Waals surface area contributed by atoms with E-state index in [4.69, 9.17) is 16.3 Å². The molecule has 1 fully saturated rings. The van der Waals surface area contributed by atoms with E-state index in [1.54, 1.807) is 13.2 Å². The molecule has 0 saturated heterocycles. The first-order valence-electron chi connectivity index (χ1n) is 6.86. The van der Waals surface area contributed by atoms with Gasteiger partial charge in [-0.3, -0.25) is 0 Å². The van der Waals surface area contributed by atoms with Gasteiger partial charge in [-0.1, -0.05) is 31.4 Å². The molecule has 1 N–H and O–H groups in total. The summed E-state index contributed by atoms with van der Waals surface area (Å²) in [6, 6.07) is 4.47. The van der Waals surface area contributed by atoms with Gasteiger partial charge >= 0.3 is 0 Å². The molecular weight excluding hydrogens is 265 g/mol. The van der Waals surface area contributed by atoms with Crippen molar-refractivity contribution in [2.24, 2.45) is 0 Å². The molecule has 1 aliphatic rings. The average molecular weight is 286 g/mol. The molecule has 0 amide bonds. The summed E-state index contributed by atoms with van der Waals surface area (Å²) in [6.07, 6.45) is 4.24. The summed E-state index contributed by atoms with van der Waals surface area (Å²) in [6.45, 7) is 2.83. The minimum atomic E-state index is -0.270. The Balaban J connectivity index is 2.41. The lowest BCUT2D eigenvalue weighted by Crippen LogP contribution is -2.43. The van der Waals surface area contributed by atoms with Crippen LogP contribution in [-0.2, 0) is 4.74 Å². The average Bonchev–Trinajstić information content (AvgIpc) is 2.89. The van der Waals surface area contributed by atoms with Gasteiger partial charge in [-0.05, 0) is 43.1 Å². The zero-order valence-corrected chi connectivity index (χ0v) is 12.3. The summed E-state index contributed by atoms with van der Waals surface area (Å²) in [5.74, 6) is -0.258. The summed E-state index contributed by atoms with van der Waals surface area (Å²) >= 11 is 6.26. The molecule has 2 nitrogen and oxygen atoms in total. The molecule has 4 heteroatoms. The maximum Gasteiger partial charge on any atom is 0.123 e. The molecule has 0 heterocycles. The number of likely N-dealkylation sites (N-methyl/N-ethyl adjacent to an activating group) is 1. The molecule has 0 aliphatic heterocycles. The van der Waals surface area contributed by atoms with Crippen molar-refractivity contribution < 1.29 is 9.13 Å². The molecule has 2 rings (SSSR count). The van der Waals surface area contributed by atoms with E-state index in [0.29, 0.717) is 5.02 Å². The fourth-order valence-corrected chi connectivity index (χ4v) is 3.33. The third kappa shape index (κ3) is 2.93. The quantitative estimate of drug-likeness (QED) is 0.880. The van der Waals surface area contributed by atoms with Crippen LogP contribution in [0.4, 0.5) is 4.39 Å². The van der Waals surface area contributed by atoms with E-state index in [1.807, 2.05) is 6.92 Å². The van der Waals surface area contributed by atoms with E-state index in [0.717, 1.165) is 37.8 Å². The Morgan fingerprint density at radius 1 is 1.42 bits per heavy atom. The Morgan fingerprint density at radius 2 is 2.11 bits per heavy atom. The summed E-state index contributed by atoms with van der Waals surface area (Å²) in [5, 5.41) is 4.02. The minimum absolute atomic E-state index is 0.0619. The molecule has 1 saturated carbocycles. The minimum Gasteiger partial charge on any atom is -0.376 e. The van der Waals surface area contributed by atoms with Gasteiger partial charge < -0.3 is 10.1 Å². The molecule has 1 aromatic rings. The molecule has 1 aromatic carbocycles. The molecule has 1 atom stereocenters. The van der Waals surface area contributed by atoms with Gasteiger partial charge in [-0.2, -0.15) is 0 Å². The molecular formula is C15H21ClFNO. The van der Waals surface area contributed by atoms with Gasteiger partial charge in [0.1, 0.15) is 5.82 Å². The van der Waals surface area contributed by atoms with E-state index in [1.165, 1.54) is 12.1 Å². The van der Waals surface area contributed by atoms with Crippen molar-refractivity contribution in [1.82, 2.24) is 5.32 Å². The first kappa shape index (κ1) is 14.8. The standard InChI is InChI=1S/C15H21ClFNO/c1-3-18-14(15(19-2)8-4-5-9-15)12-10-11(17)6-7-13(12)16/h6-7,10,14,18H,3-5,8-9H2,1-2H3. The number of rotatable bonds is 5. The van der Waals surface area contributed by atoms with Gasteiger partial charge in [0.15, 0.2) is 0 Å². The number of methoxy groups -OCH3 is 1.